The van der Waals surface area contributed by atoms with Gasteiger partial charge >= 0.3 is 0 Å². The van der Waals surface area contributed by atoms with Crippen molar-refractivity contribution in [1.82, 2.24) is 4.90 Å². The van der Waals surface area contributed by atoms with Crippen LogP contribution in [0, 0.1) is 5.82 Å². The van der Waals surface area contributed by atoms with Gasteiger partial charge in [-0.25, -0.2) is 4.39 Å². The molecule has 1 heterocycles. The van der Waals surface area contributed by atoms with E-state index in [1.54, 1.807) is 4.90 Å². The van der Waals surface area contributed by atoms with Crippen molar-refractivity contribution in [2.75, 3.05) is 13.1 Å². The minimum Gasteiger partial charge on any atom is -0.339 e. The Labute approximate surface area is 113 Å². The van der Waals surface area contributed by atoms with Crippen molar-refractivity contribution in [2.45, 2.75) is 18.2 Å². The minimum absolute atomic E-state index is 0.0690. The summed E-state index contributed by atoms with van der Waals surface area (Å²) >= 11 is 9.20. The molecule has 1 saturated heterocycles. The van der Waals surface area contributed by atoms with Crippen molar-refractivity contribution in [3.05, 3.63) is 34.1 Å². The number of halogens is 3. The number of rotatable bonds is 1. The van der Waals surface area contributed by atoms with Crippen LogP contribution < -0.4 is 0 Å². The lowest BCUT2D eigenvalue weighted by Crippen LogP contribution is -2.38. The molecule has 0 unspecified atom stereocenters. The van der Waals surface area contributed by atoms with Crippen LogP contribution in [0.25, 0.3) is 0 Å². The molecule has 1 aliphatic heterocycles. The van der Waals surface area contributed by atoms with E-state index in [2.05, 4.69) is 15.9 Å². The van der Waals surface area contributed by atoms with Gasteiger partial charge < -0.3 is 4.90 Å². The number of alkyl halides is 1. The summed E-state index contributed by atoms with van der Waals surface area (Å²) in [5.41, 5.74) is 0.499. The smallest absolute Gasteiger partial charge is 0.255 e. The van der Waals surface area contributed by atoms with E-state index in [4.69, 9.17) is 11.6 Å². The van der Waals surface area contributed by atoms with Crippen LogP contribution in [0.3, 0.4) is 0 Å². The van der Waals surface area contributed by atoms with Crippen LogP contribution in [0.15, 0.2) is 22.7 Å². The van der Waals surface area contributed by atoms with Crippen molar-refractivity contribution < 1.29 is 9.18 Å². The number of amides is 1. The summed E-state index contributed by atoms with van der Waals surface area (Å²) in [6.07, 6.45) is 1.62. The van der Waals surface area contributed by atoms with Crippen LogP contribution in [0.4, 0.5) is 4.39 Å². The number of hydrogen-bond donors (Lipinski definition) is 0. The van der Waals surface area contributed by atoms with Gasteiger partial charge in [-0.3, -0.25) is 4.79 Å². The summed E-state index contributed by atoms with van der Waals surface area (Å²) in [6.45, 7) is 1.33. The summed E-state index contributed by atoms with van der Waals surface area (Å²) in [6, 6.07) is 4.11. The quantitative estimate of drug-likeness (QED) is 0.726. The molecule has 0 radical (unpaired) electrons. The highest BCUT2D eigenvalue weighted by molar-refractivity contribution is 9.10. The number of likely N-dealkylation sites (tertiary alicyclic amines) is 1. The highest BCUT2D eigenvalue weighted by atomic mass is 79.9. The first kappa shape index (κ1) is 12.8. The normalized spacial score (nSPS) is 17.2. The maximum atomic E-state index is 12.9. The molecule has 1 aliphatic rings. The van der Waals surface area contributed by atoms with E-state index in [0.29, 0.717) is 23.1 Å². The van der Waals surface area contributed by atoms with E-state index in [9.17, 15) is 9.18 Å². The molecule has 0 aromatic heterocycles. The topological polar surface area (TPSA) is 20.3 Å². The lowest BCUT2D eigenvalue weighted by molar-refractivity contribution is 0.0725. The first-order chi connectivity index (χ1) is 8.08. The third-order valence-electron chi connectivity index (χ3n) is 2.87. The van der Waals surface area contributed by atoms with Gasteiger partial charge in [0.15, 0.2) is 0 Å². The van der Waals surface area contributed by atoms with Gasteiger partial charge in [-0.15, -0.1) is 11.6 Å². The van der Waals surface area contributed by atoms with E-state index in [0.717, 1.165) is 12.8 Å². The third-order valence-corrected chi connectivity index (χ3v) is 3.97. The zero-order valence-corrected chi connectivity index (χ0v) is 11.5. The van der Waals surface area contributed by atoms with Crippen molar-refractivity contribution in [1.29, 1.82) is 0 Å². The first-order valence-electron chi connectivity index (χ1n) is 5.46. The minimum atomic E-state index is -0.354. The van der Waals surface area contributed by atoms with Gasteiger partial charge in [0, 0.05) is 22.9 Å². The molecule has 0 saturated carbocycles. The average Bonchev–Trinajstić information content (AvgIpc) is 2.29. The van der Waals surface area contributed by atoms with Crippen molar-refractivity contribution >= 4 is 33.4 Å². The number of carbonyl (C=O) groups is 1. The Hall–Kier alpha value is -0.610. The van der Waals surface area contributed by atoms with Gasteiger partial charge in [-0.2, -0.15) is 0 Å². The molecule has 5 heteroatoms. The second-order valence-electron chi connectivity index (χ2n) is 4.09. The lowest BCUT2D eigenvalue weighted by Gasteiger charge is -2.29. The zero-order chi connectivity index (χ0) is 12.4. The molecule has 0 aliphatic carbocycles. The van der Waals surface area contributed by atoms with Crippen molar-refractivity contribution in [3.63, 3.8) is 0 Å². The Morgan fingerprint density at radius 3 is 2.65 bits per heavy atom. The Bertz CT molecular complexity index is 433. The Balaban J connectivity index is 2.14. The number of piperidine rings is 1. The fourth-order valence-electron chi connectivity index (χ4n) is 1.88. The molecule has 0 bridgehead atoms. The molecule has 1 aromatic carbocycles. The molecule has 2 nitrogen and oxygen atoms in total. The fourth-order valence-corrected chi connectivity index (χ4v) is 2.60. The maximum Gasteiger partial charge on any atom is 0.255 e. The van der Waals surface area contributed by atoms with E-state index < -0.39 is 0 Å². The van der Waals surface area contributed by atoms with Crippen LogP contribution in [0.2, 0.25) is 0 Å². The van der Waals surface area contributed by atoms with E-state index >= 15 is 0 Å². The maximum absolute atomic E-state index is 12.9. The monoisotopic (exact) mass is 319 g/mol. The first-order valence-corrected chi connectivity index (χ1v) is 6.69. The number of hydrogen-bond acceptors (Lipinski definition) is 1. The molecule has 1 amide bonds. The van der Waals surface area contributed by atoms with Crippen LogP contribution in [0.5, 0.6) is 0 Å². The molecule has 1 aromatic rings. The molecule has 0 N–H and O–H groups in total. The molecule has 1 fully saturated rings. The highest BCUT2D eigenvalue weighted by Crippen LogP contribution is 2.22. The van der Waals surface area contributed by atoms with Gasteiger partial charge in [0.25, 0.3) is 5.91 Å². The second-order valence-corrected chi connectivity index (χ2v) is 5.56. The largest absolute Gasteiger partial charge is 0.339 e. The molecular formula is C12H12BrClFNO. The number of carbonyl (C=O) groups excluding carboxylic acids is 1. The average molecular weight is 321 g/mol. The van der Waals surface area contributed by atoms with Crippen LogP contribution in [-0.4, -0.2) is 29.3 Å². The summed E-state index contributed by atoms with van der Waals surface area (Å²) in [7, 11) is 0. The summed E-state index contributed by atoms with van der Waals surface area (Å²) in [5, 5.41) is 0.163. The molecule has 0 spiro atoms. The van der Waals surface area contributed by atoms with E-state index in [1.165, 1.54) is 18.2 Å². The fraction of sp³-hybridized carbons (Fsp3) is 0.417. The van der Waals surface area contributed by atoms with Gasteiger partial charge in [0.2, 0.25) is 0 Å². The van der Waals surface area contributed by atoms with Crippen molar-refractivity contribution in [3.8, 4) is 0 Å². The predicted octanol–water partition coefficient (Wildman–Crippen LogP) is 3.43. The lowest BCUT2D eigenvalue weighted by atomic mass is 10.1. The Morgan fingerprint density at radius 1 is 1.41 bits per heavy atom. The van der Waals surface area contributed by atoms with Gasteiger partial charge in [0.05, 0.1) is 5.56 Å². The van der Waals surface area contributed by atoms with Gasteiger partial charge in [0.1, 0.15) is 5.82 Å². The van der Waals surface area contributed by atoms with Crippen LogP contribution in [0.1, 0.15) is 23.2 Å². The second kappa shape index (κ2) is 5.36. The SMILES string of the molecule is O=C(c1ccc(F)cc1Br)N1CCC(Cl)CC1. The number of benzene rings is 1. The van der Waals surface area contributed by atoms with E-state index in [-0.39, 0.29) is 17.1 Å². The highest BCUT2D eigenvalue weighted by Gasteiger charge is 2.23. The molecular weight excluding hydrogens is 308 g/mol. The molecule has 2 rings (SSSR count). The Morgan fingerprint density at radius 2 is 2.06 bits per heavy atom. The summed E-state index contributed by atoms with van der Waals surface area (Å²) in [5.74, 6) is -0.423. The van der Waals surface area contributed by atoms with Crippen LogP contribution in [-0.2, 0) is 0 Å². The van der Waals surface area contributed by atoms with Gasteiger partial charge in [-0.05, 0) is 47.0 Å². The Kier molecular flexibility index (Phi) is 4.05. The standard InChI is InChI=1S/C12H12BrClFNO/c13-11-7-9(15)1-2-10(11)12(17)16-5-3-8(14)4-6-16/h1-2,7-8H,3-6H2. The summed E-state index contributed by atoms with van der Waals surface area (Å²) < 4.78 is 13.4. The summed E-state index contributed by atoms with van der Waals surface area (Å²) in [4.78, 5) is 13.9. The molecule has 0 atom stereocenters. The molecule has 92 valence electrons. The van der Waals surface area contributed by atoms with Gasteiger partial charge in [-0.1, -0.05) is 0 Å². The van der Waals surface area contributed by atoms with Crippen LogP contribution >= 0.6 is 27.5 Å². The van der Waals surface area contributed by atoms with E-state index in [1.807, 2.05) is 0 Å². The third kappa shape index (κ3) is 2.99. The molecule has 17 heavy (non-hydrogen) atoms. The van der Waals surface area contributed by atoms with Crippen molar-refractivity contribution in [2.24, 2.45) is 0 Å². The number of nitrogens with zero attached hydrogens (tertiary/aromatic N) is 1. The predicted molar refractivity (Wildman–Crippen MR) is 68.9 cm³/mol. The zero-order valence-electron chi connectivity index (χ0n) is 9.13.